The molecule has 7 heteroatoms. The van der Waals surface area contributed by atoms with Crippen molar-refractivity contribution in [1.29, 1.82) is 0 Å². The molecule has 0 aliphatic rings. The van der Waals surface area contributed by atoms with Gasteiger partial charge < -0.3 is 15.0 Å². The number of ether oxygens (including phenoxy) is 1. The monoisotopic (exact) mass is 410 g/mol. The van der Waals surface area contributed by atoms with Crippen LogP contribution in [-0.2, 0) is 12.8 Å². The van der Waals surface area contributed by atoms with Crippen LogP contribution in [-0.4, -0.2) is 10.9 Å². The molecule has 0 atom stereocenters. The lowest BCUT2D eigenvalue weighted by Gasteiger charge is -2.10. The molecule has 0 spiro atoms. The molecule has 0 unspecified atom stereocenters. The van der Waals surface area contributed by atoms with Crippen molar-refractivity contribution in [1.82, 2.24) is 4.98 Å². The molecule has 0 saturated heterocycles. The fraction of sp³-hybridized carbons (Fsp3) is 0.0870. The highest BCUT2D eigenvalue weighted by Gasteiger charge is 2.29. The van der Waals surface area contributed by atoms with Crippen LogP contribution >= 0.6 is 0 Å². The maximum absolute atomic E-state index is 12.7. The van der Waals surface area contributed by atoms with Gasteiger partial charge in [-0.25, -0.2) is 0 Å². The molecule has 0 aliphatic carbocycles. The first kappa shape index (κ1) is 19.6. The normalized spacial score (nSPS) is 11.4. The molecule has 0 radical (unpaired) electrons. The van der Waals surface area contributed by atoms with Crippen LogP contribution < -0.4 is 10.1 Å². The Kier molecular flexibility index (Phi) is 5.18. The lowest BCUT2D eigenvalue weighted by molar-refractivity contribution is -0.137. The van der Waals surface area contributed by atoms with Gasteiger partial charge >= 0.3 is 6.18 Å². The summed E-state index contributed by atoms with van der Waals surface area (Å²) in [7, 11) is 0. The van der Waals surface area contributed by atoms with E-state index in [1.54, 1.807) is 42.6 Å². The number of hydrogen-bond acceptors (Lipinski definition) is 2. The van der Waals surface area contributed by atoms with Gasteiger partial charge in [0.1, 0.15) is 12.4 Å². The van der Waals surface area contributed by atoms with Crippen molar-refractivity contribution in [2.24, 2.45) is 0 Å². The third-order valence-electron chi connectivity index (χ3n) is 4.62. The highest BCUT2D eigenvalue weighted by Crippen LogP contribution is 2.30. The van der Waals surface area contributed by atoms with Gasteiger partial charge in [-0.2, -0.15) is 13.2 Å². The molecule has 3 aromatic carbocycles. The van der Waals surface area contributed by atoms with Crippen molar-refractivity contribution in [2.75, 3.05) is 5.32 Å². The molecule has 30 heavy (non-hydrogen) atoms. The topological polar surface area (TPSA) is 54.1 Å². The molecule has 152 valence electrons. The average molecular weight is 410 g/mol. The lowest BCUT2D eigenvalue weighted by Crippen LogP contribution is -2.11. The first-order valence-corrected chi connectivity index (χ1v) is 9.16. The number of carbonyl (C=O) groups excluding carboxylic acids is 1. The summed E-state index contributed by atoms with van der Waals surface area (Å²) >= 11 is 0. The third-order valence-corrected chi connectivity index (χ3v) is 4.62. The van der Waals surface area contributed by atoms with Gasteiger partial charge in [-0.1, -0.05) is 30.3 Å². The Morgan fingerprint density at radius 2 is 1.70 bits per heavy atom. The molecular formula is C23H17F3N2O2. The molecule has 2 N–H and O–H groups in total. The van der Waals surface area contributed by atoms with E-state index in [1.165, 1.54) is 12.1 Å². The number of hydrogen-bond donors (Lipinski definition) is 2. The number of aromatic amines is 1. The quantitative estimate of drug-likeness (QED) is 0.423. The summed E-state index contributed by atoms with van der Waals surface area (Å²) in [4.78, 5) is 15.5. The van der Waals surface area contributed by atoms with E-state index in [0.29, 0.717) is 22.6 Å². The summed E-state index contributed by atoms with van der Waals surface area (Å²) in [5.74, 6) is 0.310. The minimum Gasteiger partial charge on any atom is -0.489 e. The number of benzene rings is 3. The molecule has 4 aromatic rings. The molecule has 0 aliphatic heterocycles. The van der Waals surface area contributed by atoms with Gasteiger partial charge in [0.2, 0.25) is 0 Å². The number of anilines is 1. The Morgan fingerprint density at radius 3 is 2.40 bits per heavy atom. The Hall–Kier alpha value is -3.74. The summed E-state index contributed by atoms with van der Waals surface area (Å²) in [6, 6.07) is 19.1. The fourth-order valence-corrected chi connectivity index (χ4v) is 3.03. The predicted molar refractivity (Wildman–Crippen MR) is 108 cm³/mol. The number of fused-ring (bicyclic) bond motifs is 1. The standard InChI is InChI=1S/C23H17F3N2O2/c24-23(25,26)17-8-6-15(7-9-17)14-30-18-10-11-20-19(12-18)21(13-27-20)28-22(29)16-4-2-1-3-5-16/h1-13,27H,14H2,(H,28,29). The smallest absolute Gasteiger partial charge is 0.416 e. The number of aromatic nitrogens is 1. The summed E-state index contributed by atoms with van der Waals surface area (Å²) in [6.07, 6.45) is -2.66. The van der Waals surface area contributed by atoms with E-state index in [9.17, 15) is 18.0 Å². The van der Waals surface area contributed by atoms with Gasteiger partial charge in [0, 0.05) is 22.7 Å². The molecule has 0 fully saturated rings. The van der Waals surface area contributed by atoms with Crippen LogP contribution in [0.15, 0.2) is 79.0 Å². The molecule has 0 bridgehead atoms. The van der Waals surface area contributed by atoms with E-state index < -0.39 is 11.7 Å². The average Bonchev–Trinajstić information content (AvgIpc) is 3.14. The minimum absolute atomic E-state index is 0.125. The molecule has 1 amide bonds. The zero-order valence-electron chi connectivity index (χ0n) is 15.7. The van der Waals surface area contributed by atoms with Gasteiger partial charge in [-0.15, -0.1) is 0 Å². The second-order valence-electron chi connectivity index (χ2n) is 6.71. The number of halogens is 3. The largest absolute Gasteiger partial charge is 0.489 e. The van der Waals surface area contributed by atoms with Crippen LogP contribution in [0.2, 0.25) is 0 Å². The van der Waals surface area contributed by atoms with Crippen LogP contribution in [0.25, 0.3) is 10.9 Å². The Labute approximate surface area is 170 Å². The first-order chi connectivity index (χ1) is 14.4. The predicted octanol–water partition coefficient (Wildman–Crippen LogP) is 6.02. The van der Waals surface area contributed by atoms with Gasteiger partial charge in [0.15, 0.2) is 0 Å². The number of alkyl halides is 3. The number of rotatable bonds is 5. The SMILES string of the molecule is O=C(Nc1c[nH]c2ccc(OCc3ccc(C(F)(F)F)cc3)cc12)c1ccccc1. The number of carbonyl (C=O) groups is 1. The van der Waals surface area contributed by atoms with Crippen molar-refractivity contribution in [3.8, 4) is 5.75 Å². The minimum atomic E-state index is -4.36. The van der Waals surface area contributed by atoms with Gasteiger partial charge in [-0.05, 0) is 48.0 Å². The molecule has 1 aromatic heterocycles. The van der Waals surface area contributed by atoms with Crippen LogP contribution in [0.5, 0.6) is 5.75 Å². The van der Waals surface area contributed by atoms with E-state index in [2.05, 4.69) is 10.3 Å². The number of nitrogens with one attached hydrogen (secondary N) is 2. The Bertz CT molecular complexity index is 1170. The van der Waals surface area contributed by atoms with Crippen molar-refractivity contribution >= 4 is 22.5 Å². The molecule has 4 nitrogen and oxygen atoms in total. The zero-order chi connectivity index (χ0) is 21.1. The Morgan fingerprint density at radius 1 is 0.967 bits per heavy atom. The number of H-pyrrole nitrogens is 1. The van der Waals surface area contributed by atoms with Crippen LogP contribution in [0, 0.1) is 0 Å². The van der Waals surface area contributed by atoms with Gasteiger partial charge in [0.05, 0.1) is 11.3 Å². The summed E-state index contributed by atoms with van der Waals surface area (Å²) in [6.45, 7) is 0.125. The number of amides is 1. The van der Waals surface area contributed by atoms with Crippen molar-refractivity contribution in [2.45, 2.75) is 12.8 Å². The highest BCUT2D eigenvalue weighted by molar-refractivity contribution is 6.09. The van der Waals surface area contributed by atoms with Gasteiger partial charge in [0.25, 0.3) is 5.91 Å². The zero-order valence-corrected chi connectivity index (χ0v) is 15.7. The van der Waals surface area contributed by atoms with Crippen LogP contribution in [0.1, 0.15) is 21.5 Å². The maximum Gasteiger partial charge on any atom is 0.416 e. The van der Waals surface area contributed by atoms with Crippen LogP contribution in [0.4, 0.5) is 18.9 Å². The van der Waals surface area contributed by atoms with Crippen molar-refractivity contribution in [3.63, 3.8) is 0 Å². The summed E-state index contributed by atoms with van der Waals surface area (Å²) in [5, 5.41) is 3.64. The van der Waals surface area contributed by atoms with E-state index in [0.717, 1.165) is 23.0 Å². The molecular weight excluding hydrogens is 393 g/mol. The highest BCUT2D eigenvalue weighted by atomic mass is 19.4. The summed E-state index contributed by atoms with van der Waals surface area (Å²) in [5.41, 5.74) is 1.90. The molecule has 4 rings (SSSR count). The van der Waals surface area contributed by atoms with E-state index in [4.69, 9.17) is 4.74 Å². The van der Waals surface area contributed by atoms with Crippen molar-refractivity contribution in [3.05, 3.63) is 95.7 Å². The Balaban J connectivity index is 1.48. The molecule has 1 heterocycles. The first-order valence-electron chi connectivity index (χ1n) is 9.16. The van der Waals surface area contributed by atoms with Crippen LogP contribution in [0.3, 0.4) is 0 Å². The van der Waals surface area contributed by atoms with E-state index in [1.807, 2.05) is 12.1 Å². The molecule has 0 saturated carbocycles. The third kappa shape index (κ3) is 4.30. The fourth-order valence-electron chi connectivity index (χ4n) is 3.03. The van der Waals surface area contributed by atoms with E-state index in [-0.39, 0.29) is 12.5 Å². The lowest BCUT2D eigenvalue weighted by atomic mass is 10.1. The van der Waals surface area contributed by atoms with Crippen molar-refractivity contribution < 1.29 is 22.7 Å². The second kappa shape index (κ2) is 7.94. The second-order valence-corrected chi connectivity index (χ2v) is 6.71. The van der Waals surface area contributed by atoms with E-state index >= 15 is 0 Å². The maximum atomic E-state index is 12.7. The van der Waals surface area contributed by atoms with Gasteiger partial charge in [-0.3, -0.25) is 4.79 Å². The summed E-state index contributed by atoms with van der Waals surface area (Å²) < 4.78 is 43.7.